The normalized spacial score (nSPS) is 16.6. The highest BCUT2D eigenvalue weighted by Crippen LogP contribution is 2.28. The molecule has 1 unspecified atom stereocenters. The standard InChI is InChI=1S/C24H28N4O2/c1-17-7-8-23(30-3)20(13-17)15-26-24(29)28-12-11-27(16-18(28)2)22-6-4-5-19-14-25-10-9-21(19)22/h4-10,13-14,18H,11-12,15-16H2,1-3H3,(H,26,29). The van der Waals surface area contributed by atoms with Crippen molar-refractivity contribution in [2.24, 2.45) is 0 Å². The van der Waals surface area contributed by atoms with Gasteiger partial charge in [0, 0.05) is 66.6 Å². The molecule has 6 nitrogen and oxygen atoms in total. The molecule has 156 valence electrons. The largest absolute Gasteiger partial charge is 0.496 e. The number of anilines is 1. The number of amides is 2. The van der Waals surface area contributed by atoms with Gasteiger partial charge in [-0.15, -0.1) is 0 Å². The van der Waals surface area contributed by atoms with E-state index in [1.807, 2.05) is 36.4 Å². The van der Waals surface area contributed by atoms with Crippen molar-refractivity contribution in [3.63, 3.8) is 0 Å². The van der Waals surface area contributed by atoms with Gasteiger partial charge in [-0.05, 0) is 32.0 Å². The predicted octanol–water partition coefficient (Wildman–Crippen LogP) is 3.97. The van der Waals surface area contributed by atoms with Crippen LogP contribution in [0.4, 0.5) is 10.5 Å². The smallest absolute Gasteiger partial charge is 0.318 e. The van der Waals surface area contributed by atoms with Crippen LogP contribution in [0.2, 0.25) is 0 Å². The minimum absolute atomic E-state index is 0.0344. The van der Waals surface area contributed by atoms with Crippen LogP contribution in [0.15, 0.2) is 54.9 Å². The second-order valence-corrected chi connectivity index (χ2v) is 7.84. The zero-order valence-electron chi connectivity index (χ0n) is 17.8. The Hall–Kier alpha value is -3.28. The maximum absolute atomic E-state index is 12.9. The van der Waals surface area contributed by atoms with E-state index in [-0.39, 0.29) is 12.1 Å². The molecule has 2 aromatic carbocycles. The summed E-state index contributed by atoms with van der Waals surface area (Å²) in [4.78, 5) is 21.4. The van der Waals surface area contributed by atoms with Gasteiger partial charge in [-0.2, -0.15) is 0 Å². The summed E-state index contributed by atoms with van der Waals surface area (Å²) in [6, 6.07) is 14.4. The zero-order valence-corrected chi connectivity index (χ0v) is 17.8. The summed E-state index contributed by atoms with van der Waals surface area (Å²) in [5.41, 5.74) is 3.33. The van der Waals surface area contributed by atoms with Gasteiger partial charge >= 0.3 is 6.03 Å². The minimum atomic E-state index is -0.0344. The topological polar surface area (TPSA) is 57.7 Å². The number of aromatic nitrogens is 1. The fourth-order valence-electron chi connectivity index (χ4n) is 4.18. The highest BCUT2D eigenvalue weighted by atomic mass is 16.5. The predicted molar refractivity (Wildman–Crippen MR) is 120 cm³/mol. The van der Waals surface area contributed by atoms with Crippen molar-refractivity contribution in [1.82, 2.24) is 15.2 Å². The van der Waals surface area contributed by atoms with Crippen LogP contribution in [0.3, 0.4) is 0 Å². The van der Waals surface area contributed by atoms with E-state index >= 15 is 0 Å². The van der Waals surface area contributed by atoms with E-state index < -0.39 is 0 Å². The molecule has 1 saturated heterocycles. The van der Waals surface area contributed by atoms with Gasteiger partial charge in [0.05, 0.1) is 7.11 Å². The molecule has 1 N–H and O–H groups in total. The van der Waals surface area contributed by atoms with Gasteiger partial charge in [-0.3, -0.25) is 4.98 Å². The fraction of sp³-hybridized carbons (Fsp3) is 0.333. The van der Waals surface area contributed by atoms with Crippen molar-refractivity contribution in [2.75, 3.05) is 31.6 Å². The monoisotopic (exact) mass is 404 g/mol. The molecule has 1 fully saturated rings. The fourth-order valence-corrected chi connectivity index (χ4v) is 4.18. The molecule has 0 radical (unpaired) electrons. The van der Waals surface area contributed by atoms with E-state index in [1.165, 1.54) is 11.1 Å². The highest BCUT2D eigenvalue weighted by Gasteiger charge is 2.28. The number of methoxy groups -OCH3 is 1. The molecule has 1 aromatic heterocycles. The Bertz CT molecular complexity index is 1050. The van der Waals surface area contributed by atoms with Crippen molar-refractivity contribution in [3.05, 3.63) is 66.0 Å². The quantitative estimate of drug-likeness (QED) is 0.715. The van der Waals surface area contributed by atoms with Crippen LogP contribution < -0.4 is 15.0 Å². The molecule has 0 spiro atoms. The van der Waals surface area contributed by atoms with E-state index in [4.69, 9.17) is 4.74 Å². The molecular formula is C24H28N4O2. The average Bonchev–Trinajstić information content (AvgIpc) is 2.77. The summed E-state index contributed by atoms with van der Waals surface area (Å²) < 4.78 is 5.42. The molecule has 4 rings (SSSR count). The molecule has 3 aromatic rings. The van der Waals surface area contributed by atoms with Gasteiger partial charge in [-0.1, -0.05) is 29.8 Å². The van der Waals surface area contributed by atoms with Crippen LogP contribution in [0.5, 0.6) is 5.75 Å². The van der Waals surface area contributed by atoms with Crippen molar-refractivity contribution in [3.8, 4) is 5.75 Å². The van der Waals surface area contributed by atoms with Crippen molar-refractivity contribution in [2.45, 2.75) is 26.4 Å². The maximum Gasteiger partial charge on any atom is 0.318 e. The number of piperazine rings is 1. The lowest BCUT2D eigenvalue weighted by molar-refractivity contribution is 0.171. The molecule has 1 aliphatic heterocycles. The summed E-state index contributed by atoms with van der Waals surface area (Å²) >= 11 is 0. The van der Waals surface area contributed by atoms with E-state index in [1.54, 1.807) is 7.11 Å². The number of fused-ring (bicyclic) bond motifs is 1. The third kappa shape index (κ3) is 4.03. The minimum Gasteiger partial charge on any atom is -0.496 e. The van der Waals surface area contributed by atoms with Crippen molar-refractivity contribution >= 4 is 22.5 Å². The number of aryl methyl sites for hydroxylation is 1. The lowest BCUT2D eigenvalue weighted by atomic mass is 10.1. The first-order chi connectivity index (χ1) is 14.6. The Morgan fingerprint density at radius 3 is 2.90 bits per heavy atom. The zero-order chi connectivity index (χ0) is 21.1. The number of ether oxygens (including phenoxy) is 1. The number of nitrogens with one attached hydrogen (secondary N) is 1. The summed E-state index contributed by atoms with van der Waals surface area (Å²) in [5.74, 6) is 0.796. The Labute approximate surface area is 177 Å². The number of urea groups is 1. The molecular weight excluding hydrogens is 376 g/mol. The van der Waals surface area contributed by atoms with Crippen LogP contribution in [0.25, 0.3) is 10.8 Å². The number of hydrogen-bond donors (Lipinski definition) is 1. The van der Waals surface area contributed by atoms with Gasteiger partial charge in [0.15, 0.2) is 0 Å². The number of carbonyl (C=O) groups excluding carboxylic acids is 1. The Morgan fingerprint density at radius 2 is 2.10 bits per heavy atom. The van der Waals surface area contributed by atoms with Crippen LogP contribution in [0, 0.1) is 6.92 Å². The SMILES string of the molecule is COc1ccc(C)cc1CNC(=O)N1CCN(c2cccc3cnccc23)CC1C. The number of hydrogen-bond acceptors (Lipinski definition) is 4. The van der Waals surface area contributed by atoms with Crippen molar-refractivity contribution in [1.29, 1.82) is 0 Å². The van der Waals surface area contributed by atoms with E-state index in [0.29, 0.717) is 13.1 Å². The second-order valence-electron chi connectivity index (χ2n) is 7.84. The van der Waals surface area contributed by atoms with Gasteiger partial charge < -0.3 is 19.9 Å². The first-order valence-electron chi connectivity index (χ1n) is 10.3. The second kappa shape index (κ2) is 8.61. The van der Waals surface area contributed by atoms with E-state index in [0.717, 1.165) is 35.4 Å². The number of nitrogens with zero attached hydrogens (tertiary/aromatic N) is 3. The first kappa shape index (κ1) is 20.0. The van der Waals surface area contributed by atoms with Crippen molar-refractivity contribution < 1.29 is 9.53 Å². The van der Waals surface area contributed by atoms with Gasteiger partial charge in [0.1, 0.15) is 5.75 Å². The third-order valence-electron chi connectivity index (χ3n) is 5.75. The van der Waals surface area contributed by atoms with E-state index in [9.17, 15) is 4.79 Å². The maximum atomic E-state index is 12.9. The number of pyridine rings is 1. The molecule has 0 saturated carbocycles. The van der Waals surface area contributed by atoms with Gasteiger partial charge in [0.2, 0.25) is 0 Å². The molecule has 2 heterocycles. The first-order valence-corrected chi connectivity index (χ1v) is 10.3. The summed E-state index contributed by atoms with van der Waals surface area (Å²) in [6.07, 6.45) is 3.73. The molecule has 0 aliphatic carbocycles. The molecule has 2 amide bonds. The van der Waals surface area contributed by atoms with E-state index in [2.05, 4.69) is 52.5 Å². The Morgan fingerprint density at radius 1 is 1.23 bits per heavy atom. The third-order valence-corrected chi connectivity index (χ3v) is 5.75. The lowest BCUT2D eigenvalue weighted by Crippen LogP contribution is -2.56. The molecule has 1 atom stereocenters. The number of benzene rings is 2. The van der Waals surface area contributed by atoms with Crippen LogP contribution >= 0.6 is 0 Å². The average molecular weight is 405 g/mol. The van der Waals surface area contributed by atoms with Crippen LogP contribution in [-0.2, 0) is 6.54 Å². The summed E-state index contributed by atoms with van der Waals surface area (Å²) in [5, 5.41) is 5.40. The number of rotatable bonds is 4. The highest BCUT2D eigenvalue weighted by molar-refractivity contribution is 5.93. The Balaban J connectivity index is 1.42. The molecule has 30 heavy (non-hydrogen) atoms. The van der Waals surface area contributed by atoms with Crippen LogP contribution in [-0.4, -0.2) is 48.7 Å². The van der Waals surface area contributed by atoms with Gasteiger partial charge in [-0.25, -0.2) is 4.79 Å². The number of carbonyl (C=O) groups is 1. The van der Waals surface area contributed by atoms with Crippen LogP contribution in [0.1, 0.15) is 18.1 Å². The van der Waals surface area contributed by atoms with Gasteiger partial charge in [0.25, 0.3) is 0 Å². The molecule has 1 aliphatic rings. The summed E-state index contributed by atoms with van der Waals surface area (Å²) in [7, 11) is 1.65. The molecule has 0 bridgehead atoms. The Kier molecular flexibility index (Phi) is 5.74. The summed E-state index contributed by atoms with van der Waals surface area (Å²) in [6.45, 7) is 6.86. The molecule has 6 heteroatoms. The lowest BCUT2D eigenvalue weighted by Gasteiger charge is -2.41.